The molecule has 0 spiro atoms. The lowest BCUT2D eigenvalue weighted by Gasteiger charge is -2.15. The molecule has 0 saturated carbocycles. The zero-order valence-corrected chi connectivity index (χ0v) is 19.6. The molecule has 0 atom stereocenters. The largest absolute Gasteiger partial charge is 0.332 e. The van der Waals surface area contributed by atoms with E-state index in [2.05, 4.69) is 10.4 Å². The molecule has 4 aromatic rings. The summed E-state index contributed by atoms with van der Waals surface area (Å²) in [4.78, 5) is 39.9. The second kappa shape index (κ2) is 9.09. The zero-order valence-electron chi connectivity index (χ0n) is 19.6. The Morgan fingerprint density at radius 1 is 0.971 bits per heavy atom. The molecule has 2 aromatic carbocycles. The van der Waals surface area contributed by atoms with Gasteiger partial charge in [0.15, 0.2) is 5.52 Å². The molecule has 0 saturated heterocycles. The van der Waals surface area contributed by atoms with E-state index in [1.54, 1.807) is 6.92 Å². The van der Waals surface area contributed by atoms with E-state index in [0.717, 1.165) is 15.7 Å². The number of fused-ring (bicyclic) bond motifs is 1. The van der Waals surface area contributed by atoms with Crippen molar-refractivity contribution in [3.8, 4) is 0 Å². The molecule has 34 heavy (non-hydrogen) atoms. The Morgan fingerprint density at radius 2 is 1.62 bits per heavy atom. The summed E-state index contributed by atoms with van der Waals surface area (Å²) in [5.74, 6) is -0.803. The summed E-state index contributed by atoms with van der Waals surface area (Å²) in [5.41, 5.74) is 3.04. The average molecular weight is 464 g/mol. The van der Waals surface area contributed by atoms with Gasteiger partial charge in [0.2, 0.25) is 5.91 Å². The van der Waals surface area contributed by atoms with Crippen molar-refractivity contribution in [3.63, 3.8) is 0 Å². The molecular formula is C25H26FN5O3. The first-order valence-electron chi connectivity index (χ1n) is 11.0. The minimum Gasteiger partial charge on any atom is -0.324 e. The van der Waals surface area contributed by atoms with Gasteiger partial charge in [-0.25, -0.2) is 9.18 Å². The molecule has 0 radical (unpaired) electrons. The number of anilines is 1. The normalized spacial score (nSPS) is 11.2. The third-order valence-corrected chi connectivity index (χ3v) is 5.88. The van der Waals surface area contributed by atoms with Crippen LogP contribution in [0.4, 0.5) is 10.1 Å². The van der Waals surface area contributed by atoms with Crippen molar-refractivity contribution in [2.75, 3.05) is 5.32 Å². The lowest BCUT2D eigenvalue weighted by atomic mass is 10.1. The Morgan fingerprint density at radius 3 is 2.24 bits per heavy atom. The summed E-state index contributed by atoms with van der Waals surface area (Å²) in [6.45, 7) is 7.42. The predicted molar refractivity (Wildman–Crippen MR) is 129 cm³/mol. The van der Waals surface area contributed by atoms with Gasteiger partial charge in [-0.2, -0.15) is 5.10 Å². The molecule has 2 heterocycles. The number of amides is 1. The van der Waals surface area contributed by atoms with Crippen molar-refractivity contribution in [1.82, 2.24) is 18.9 Å². The maximum absolute atomic E-state index is 13.5. The van der Waals surface area contributed by atoms with Gasteiger partial charge in [-0.3, -0.25) is 23.4 Å². The van der Waals surface area contributed by atoms with Crippen LogP contribution in [0.15, 0.2) is 52.1 Å². The third-order valence-electron chi connectivity index (χ3n) is 5.88. The summed E-state index contributed by atoms with van der Waals surface area (Å²) in [6.07, 6.45) is 0. The Balaban J connectivity index is 1.84. The van der Waals surface area contributed by atoms with Crippen molar-refractivity contribution >= 4 is 22.6 Å². The summed E-state index contributed by atoms with van der Waals surface area (Å²) in [5, 5.41) is 7.31. The van der Waals surface area contributed by atoms with Gasteiger partial charge in [-0.15, -0.1) is 0 Å². The van der Waals surface area contributed by atoms with Crippen molar-refractivity contribution in [2.45, 2.75) is 47.3 Å². The van der Waals surface area contributed by atoms with E-state index >= 15 is 0 Å². The molecule has 8 nitrogen and oxygen atoms in total. The number of carbonyl (C=O) groups excluding carboxylic acids is 1. The molecule has 176 valence electrons. The fraction of sp³-hybridized carbons (Fsp3) is 0.280. The van der Waals surface area contributed by atoms with Gasteiger partial charge >= 0.3 is 5.69 Å². The number of carbonyl (C=O) groups is 1. The van der Waals surface area contributed by atoms with Crippen molar-refractivity contribution in [1.29, 1.82) is 0 Å². The highest BCUT2D eigenvalue weighted by Gasteiger charge is 2.22. The first-order valence-corrected chi connectivity index (χ1v) is 11.0. The standard InChI is InChI=1S/C25H26FN5O3/c1-5-31-23-22(17(4)28-31)29(14-20(32)27-21-15(2)7-6-8-16(21)3)25(34)30(24(23)33)13-18-9-11-19(26)12-10-18/h6-12H,5,13-14H2,1-4H3,(H,27,32). The molecule has 0 fully saturated rings. The van der Waals surface area contributed by atoms with E-state index in [-0.39, 0.29) is 18.6 Å². The summed E-state index contributed by atoms with van der Waals surface area (Å²) in [6, 6.07) is 11.3. The molecule has 0 aliphatic rings. The molecule has 0 bridgehead atoms. The van der Waals surface area contributed by atoms with Crippen LogP contribution in [0.1, 0.15) is 29.3 Å². The molecule has 9 heteroatoms. The van der Waals surface area contributed by atoms with Gasteiger partial charge in [0.1, 0.15) is 17.9 Å². The number of nitrogens with zero attached hydrogens (tertiary/aromatic N) is 4. The molecule has 1 N–H and O–H groups in total. The molecule has 0 aliphatic heterocycles. The lowest BCUT2D eigenvalue weighted by molar-refractivity contribution is -0.116. The molecule has 1 amide bonds. The highest BCUT2D eigenvalue weighted by Crippen LogP contribution is 2.20. The number of aromatic nitrogens is 4. The maximum atomic E-state index is 13.5. The Bertz CT molecular complexity index is 1490. The fourth-order valence-electron chi connectivity index (χ4n) is 4.18. The van der Waals surface area contributed by atoms with Crippen LogP contribution in [-0.2, 0) is 24.4 Å². The smallest absolute Gasteiger partial charge is 0.324 e. The minimum absolute atomic E-state index is 0.0552. The maximum Gasteiger partial charge on any atom is 0.332 e. The van der Waals surface area contributed by atoms with Crippen LogP contribution in [0.25, 0.3) is 11.0 Å². The van der Waals surface area contributed by atoms with Gasteiger partial charge in [0.05, 0.1) is 12.2 Å². The van der Waals surface area contributed by atoms with Crippen LogP contribution in [0, 0.1) is 26.6 Å². The molecule has 2 aromatic heterocycles. The summed E-state index contributed by atoms with van der Waals surface area (Å²) < 4.78 is 17.2. The van der Waals surface area contributed by atoms with Crippen LogP contribution in [0.3, 0.4) is 0 Å². The Labute approximate surface area is 195 Å². The number of aryl methyl sites for hydroxylation is 4. The van der Waals surface area contributed by atoms with Gasteiger partial charge in [-0.05, 0) is 56.5 Å². The lowest BCUT2D eigenvalue weighted by Crippen LogP contribution is -2.42. The van der Waals surface area contributed by atoms with E-state index in [9.17, 15) is 18.8 Å². The van der Waals surface area contributed by atoms with E-state index in [0.29, 0.717) is 29.0 Å². The van der Waals surface area contributed by atoms with Crippen molar-refractivity contribution in [2.24, 2.45) is 0 Å². The predicted octanol–water partition coefficient (Wildman–Crippen LogP) is 3.13. The first-order chi connectivity index (χ1) is 16.2. The number of nitrogens with one attached hydrogen (secondary N) is 1. The third kappa shape index (κ3) is 4.16. The second-order valence-corrected chi connectivity index (χ2v) is 8.30. The topological polar surface area (TPSA) is 90.9 Å². The molecular weight excluding hydrogens is 437 g/mol. The molecule has 0 unspecified atom stereocenters. The number of benzene rings is 2. The Hall–Kier alpha value is -4.01. The van der Waals surface area contributed by atoms with Crippen molar-refractivity contribution < 1.29 is 9.18 Å². The van der Waals surface area contributed by atoms with E-state index in [1.807, 2.05) is 39.0 Å². The number of hydrogen-bond donors (Lipinski definition) is 1. The van der Waals surface area contributed by atoms with Crippen LogP contribution in [0.2, 0.25) is 0 Å². The molecule has 4 rings (SSSR count). The summed E-state index contributed by atoms with van der Waals surface area (Å²) >= 11 is 0. The van der Waals surface area contributed by atoms with Crippen LogP contribution in [0.5, 0.6) is 0 Å². The highest BCUT2D eigenvalue weighted by molar-refractivity contribution is 5.93. The quantitative estimate of drug-likeness (QED) is 0.476. The van der Waals surface area contributed by atoms with Crippen molar-refractivity contribution in [3.05, 3.63) is 91.5 Å². The van der Waals surface area contributed by atoms with Gasteiger partial charge in [-0.1, -0.05) is 30.3 Å². The number of hydrogen-bond acceptors (Lipinski definition) is 4. The van der Waals surface area contributed by atoms with Crippen LogP contribution in [-0.4, -0.2) is 24.8 Å². The monoisotopic (exact) mass is 463 g/mol. The fourth-order valence-corrected chi connectivity index (χ4v) is 4.18. The van der Waals surface area contributed by atoms with E-state index < -0.39 is 23.0 Å². The number of rotatable bonds is 6. The highest BCUT2D eigenvalue weighted by atomic mass is 19.1. The number of para-hydroxylation sites is 1. The first kappa shape index (κ1) is 23.2. The van der Waals surface area contributed by atoms with Gasteiger partial charge in [0.25, 0.3) is 5.56 Å². The SMILES string of the molecule is CCn1nc(C)c2c1c(=O)n(Cc1ccc(F)cc1)c(=O)n2CC(=O)Nc1c(C)cccc1C. The molecule has 0 aliphatic carbocycles. The Kier molecular flexibility index (Phi) is 6.19. The van der Waals surface area contributed by atoms with Gasteiger partial charge < -0.3 is 5.32 Å². The summed E-state index contributed by atoms with van der Waals surface area (Å²) in [7, 11) is 0. The van der Waals surface area contributed by atoms with Gasteiger partial charge in [0, 0.05) is 12.2 Å². The second-order valence-electron chi connectivity index (χ2n) is 8.30. The zero-order chi connectivity index (χ0) is 24.6. The van der Waals surface area contributed by atoms with E-state index in [4.69, 9.17) is 0 Å². The van der Waals surface area contributed by atoms with Crippen LogP contribution < -0.4 is 16.6 Å². The van der Waals surface area contributed by atoms with E-state index in [1.165, 1.54) is 33.5 Å². The van der Waals surface area contributed by atoms with Crippen LogP contribution >= 0.6 is 0 Å². The minimum atomic E-state index is -0.628. The number of halogens is 1. The average Bonchev–Trinajstić information content (AvgIpc) is 3.14.